The molecular formula is C13H16N2O2. The van der Waals surface area contributed by atoms with E-state index in [4.69, 9.17) is 10.5 Å². The molecule has 0 radical (unpaired) electrons. The molecule has 1 aliphatic carbocycles. The van der Waals surface area contributed by atoms with Crippen molar-refractivity contribution < 1.29 is 9.53 Å². The molecule has 0 aliphatic heterocycles. The van der Waals surface area contributed by atoms with Gasteiger partial charge in [0.15, 0.2) is 0 Å². The third kappa shape index (κ3) is 2.25. The smallest absolute Gasteiger partial charge is 0.410 e. The first-order chi connectivity index (χ1) is 8.11. The van der Waals surface area contributed by atoms with E-state index < -0.39 is 0 Å². The van der Waals surface area contributed by atoms with Crippen molar-refractivity contribution in [3.63, 3.8) is 0 Å². The van der Waals surface area contributed by atoms with Gasteiger partial charge in [-0.05, 0) is 31.0 Å². The Balaban J connectivity index is 2.16. The molecule has 0 unspecified atom stereocenters. The van der Waals surface area contributed by atoms with Gasteiger partial charge < -0.3 is 15.4 Å². The van der Waals surface area contributed by atoms with E-state index in [0.717, 1.165) is 17.7 Å². The SMILES string of the molecule is CCN(C)C(=O)Oc1ccc2c(c1)C(N)=CC2. The first kappa shape index (κ1) is 11.5. The lowest BCUT2D eigenvalue weighted by Crippen LogP contribution is -2.29. The van der Waals surface area contributed by atoms with Crippen molar-refractivity contribution in [2.45, 2.75) is 13.3 Å². The lowest BCUT2D eigenvalue weighted by atomic mass is 10.1. The van der Waals surface area contributed by atoms with Gasteiger partial charge in [-0.15, -0.1) is 0 Å². The number of allylic oxidation sites excluding steroid dienone is 1. The third-order valence-corrected chi connectivity index (χ3v) is 2.93. The highest BCUT2D eigenvalue weighted by atomic mass is 16.6. The average Bonchev–Trinajstić information content (AvgIpc) is 2.70. The van der Waals surface area contributed by atoms with E-state index in [1.807, 2.05) is 25.1 Å². The highest BCUT2D eigenvalue weighted by Gasteiger charge is 2.14. The van der Waals surface area contributed by atoms with Gasteiger partial charge in [0.2, 0.25) is 0 Å². The summed E-state index contributed by atoms with van der Waals surface area (Å²) in [6.45, 7) is 2.51. The van der Waals surface area contributed by atoms with Crippen LogP contribution in [-0.4, -0.2) is 24.6 Å². The standard InChI is InChI=1S/C13H16N2O2/c1-3-15(2)13(16)17-10-6-4-9-5-7-12(14)11(9)8-10/h4,6-8H,3,5,14H2,1-2H3. The zero-order chi connectivity index (χ0) is 12.4. The molecule has 0 saturated heterocycles. The fourth-order valence-corrected chi connectivity index (χ4v) is 1.70. The Bertz CT molecular complexity index is 480. The fraction of sp³-hybridized carbons (Fsp3) is 0.308. The number of hydrogen-bond donors (Lipinski definition) is 1. The first-order valence-electron chi connectivity index (χ1n) is 5.63. The van der Waals surface area contributed by atoms with Gasteiger partial charge in [-0.1, -0.05) is 12.1 Å². The van der Waals surface area contributed by atoms with E-state index in [-0.39, 0.29) is 6.09 Å². The van der Waals surface area contributed by atoms with Gasteiger partial charge in [0.1, 0.15) is 5.75 Å². The zero-order valence-corrected chi connectivity index (χ0v) is 10.1. The topological polar surface area (TPSA) is 55.6 Å². The molecule has 0 atom stereocenters. The van der Waals surface area contributed by atoms with E-state index in [2.05, 4.69) is 0 Å². The number of nitrogens with two attached hydrogens (primary N) is 1. The molecule has 0 aromatic heterocycles. The van der Waals surface area contributed by atoms with Crippen LogP contribution >= 0.6 is 0 Å². The molecule has 17 heavy (non-hydrogen) atoms. The Morgan fingerprint density at radius 2 is 2.29 bits per heavy atom. The summed E-state index contributed by atoms with van der Waals surface area (Å²) >= 11 is 0. The average molecular weight is 232 g/mol. The minimum absolute atomic E-state index is 0.354. The summed E-state index contributed by atoms with van der Waals surface area (Å²) in [7, 11) is 1.70. The van der Waals surface area contributed by atoms with Gasteiger partial charge in [-0.2, -0.15) is 0 Å². The number of nitrogens with zero attached hydrogens (tertiary/aromatic N) is 1. The molecule has 1 aromatic carbocycles. The maximum absolute atomic E-state index is 11.6. The van der Waals surface area contributed by atoms with Crippen LogP contribution in [0.3, 0.4) is 0 Å². The minimum atomic E-state index is -0.354. The molecular weight excluding hydrogens is 216 g/mol. The number of ether oxygens (including phenoxy) is 1. The summed E-state index contributed by atoms with van der Waals surface area (Å²) in [5, 5.41) is 0. The second-order valence-corrected chi connectivity index (χ2v) is 4.06. The van der Waals surface area contributed by atoms with E-state index in [9.17, 15) is 4.79 Å². The monoisotopic (exact) mass is 232 g/mol. The van der Waals surface area contributed by atoms with Crippen molar-refractivity contribution in [2.75, 3.05) is 13.6 Å². The molecule has 0 bridgehead atoms. The van der Waals surface area contributed by atoms with E-state index in [0.29, 0.717) is 12.3 Å². The Labute approximate surface area is 101 Å². The molecule has 0 fully saturated rings. The molecule has 0 heterocycles. The maximum Gasteiger partial charge on any atom is 0.414 e. The number of benzene rings is 1. The fourth-order valence-electron chi connectivity index (χ4n) is 1.70. The molecule has 0 saturated carbocycles. The number of amides is 1. The molecule has 90 valence electrons. The normalized spacial score (nSPS) is 12.9. The van der Waals surface area contributed by atoms with Crippen LogP contribution < -0.4 is 10.5 Å². The van der Waals surface area contributed by atoms with Crippen LogP contribution in [-0.2, 0) is 6.42 Å². The summed E-state index contributed by atoms with van der Waals surface area (Å²) in [5.41, 5.74) is 8.73. The number of rotatable bonds is 2. The van der Waals surface area contributed by atoms with E-state index in [1.54, 1.807) is 13.1 Å². The highest BCUT2D eigenvalue weighted by Crippen LogP contribution is 2.27. The van der Waals surface area contributed by atoms with Crippen LogP contribution in [0.5, 0.6) is 5.75 Å². The number of fused-ring (bicyclic) bond motifs is 1. The van der Waals surface area contributed by atoms with Crippen molar-refractivity contribution in [2.24, 2.45) is 5.73 Å². The predicted octanol–water partition coefficient (Wildman–Crippen LogP) is 1.99. The molecule has 2 rings (SSSR count). The summed E-state index contributed by atoms with van der Waals surface area (Å²) in [5.74, 6) is 0.535. The zero-order valence-electron chi connectivity index (χ0n) is 10.1. The lowest BCUT2D eigenvalue weighted by molar-refractivity contribution is 0.165. The number of hydrogen-bond acceptors (Lipinski definition) is 3. The van der Waals surface area contributed by atoms with E-state index >= 15 is 0 Å². The van der Waals surface area contributed by atoms with Gasteiger partial charge in [0.25, 0.3) is 0 Å². The molecule has 4 heteroatoms. The Hall–Kier alpha value is -1.97. The van der Waals surface area contributed by atoms with Crippen LogP contribution in [0.25, 0.3) is 5.70 Å². The van der Waals surface area contributed by atoms with Crippen molar-refractivity contribution in [3.05, 3.63) is 35.4 Å². The molecule has 1 aromatic rings. The van der Waals surface area contributed by atoms with Gasteiger partial charge in [0, 0.05) is 24.9 Å². The summed E-state index contributed by atoms with van der Waals surface area (Å²) in [6.07, 6.45) is 2.46. The Kier molecular flexibility index (Phi) is 3.04. The maximum atomic E-state index is 11.6. The molecule has 1 aliphatic rings. The van der Waals surface area contributed by atoms with Crippen LogP contribution in [0.4, 0.5) is 4.79 Å². The summed E-state index contributed by atoms with van der Waals surface area (Å²) in [6, 6.07) is 5.56. The van der Waals surface area contributed by atoms with Crippen LogP contribution in [0.15, 0.2) is 24.3 Å². The predicted molar refractivity (Wildman–Crippen MR) is 66.6 cm³/mol. The second-order valence-electron chi connectivity index (χ2n) is 4.06. The van der Waals surface area contributed by atoms with Gasteiger partial charge >= 0.3 is 6.09 Å². The van der Waals surface area contributed by atoms with Crippen LogP contribution in [0.2, 0.25) is 0 Å². The second kappa shape index (κ2) is 4.49. The van der Waals surface area contributed by atoms with Gasteiger partial charge in [-0.25, -0.2) is 4.79 Å². The molecule has 4 nitrogen and oxygen atoms in total. The van der Waals surface area contributed by atoms with E-state index in [1.165, 1.54) is 10.5 Å². The minimum Gasteiger partial charge on any atom is -0.410 e. The summed E-state index contributed by atoms with van der Waals surface area (Å²) in [4.78, 5) is 13.1. The van der Waals surface area contributed by atoms with Gasteiger partial charge in [-0.3, -0.25) is 0 Å². The largest absolute Gasteiger partial charge is 0.414 e. The Morgan fingerprint density at radius 3 is 3.00 bits per heavy atom. The summed E-state index contributed by atoms with van der Waals surface area (Å²) < 4.78 is 5.24. The quantitative estimate of drug-likeness (QED) is 0.848. The molecule has 1 amide bonds. The van der Waals surface area contributed by atoms with Crippen LogP contribution in [0, 0.1) is 0 Å². The van der Waals surface area contributed by atoms with Crippen molar-refractivity contribution in [1.82, 2.24) is 4.90 Å². The van der Waals surface area contributed by atoms with Crippen molar-refractivity contribution >= 4 is 11.8 Å². The first-order valence-corrected chi connectivity index (χ1v) is 5.63. The Morgan fingerprint density at radius 1 is 1.53 bits per heavy atom. The van der Waals surface area contributed by atoms with Crippen molar-refractivity contribution in [3.8, 4) is 5.75 Å². The molecule has 0 spiro atoms. The third-order valence-electron chi connectivity index (χ3n) is 2.93. The lowest BCUT2D eigenvalue weighted by Gasteiger charge is -2.14. The highest BCUT2D eigenvalue weighted by molar-refractivity contribution is 5.74. The number of carbonyl (C=O) groups excluding carboxylic acids is 1. The number of carbonyl (C=O) groups is 1. The van der Waals surface area contributed by atoms with Crippen LogP contribution in [0.1, 0.15) is 18.1 Å². The van der Waals surface area contributed by atoms with Crippen molar-refractivity contribution in [1.29, 1.82) is 0 Å². The molecule has 2 N–H and O–H groups in total. The van der Waals surface area contributed by atoms with Gasteiger partial charge in [0.05, 0.1) is 0 Å².